The Morgan fingerprint density at radius 3 is 2.28 bits per heavy atom. The molecule has 0 fully saturated rings. The van der Waals surface area contributed by atoms with Crippen LogP contribution in [0, 0.1) is 11.3 Å². The molecule has 18 heavy (non-hydrogen) atoms. The number of nitrogens with zero attached hydrogens (tertiary/aromatic N) is 1. The van der Waals surface area contributed by atoms with Gasteiger partial charge in [-0.15, -0.1) is 0 Å². The lowest BCUT2D eigenvalue weighted by Crippen LogP contribution is -2.01. The molecule has 0 amide bonds. The first-order chi connectivity index (χ1) is 8.78. The monoisotopic (exact) mass is 257 g/mol. The van der Waals surface area contributed by atoms with E-state index in [1.807, 2.05) is 36.4 Å². The molecule has 0 spiro atoms. The summed E-state index contributed by atoms with van der Waals surface area (Å²) < 4.78 is 5.60. The van der Waals surface area contributed by atoms with Crippen molar-refractivity contribution in [3.8, 4) is 11.8 Å². The van der Waals surface area contributed by atoms with E-state index in [9.17, 15) is 0 Å². The summed E-state index contributed by atoms with van der Waals surface area (Å²) in [5.74, 6) is 0.813. The first-order valence-electron chi connectivity index (χ1n) is 5.65. The SMILES string of the molecule is N#Cc1ccc(CCOc2ccc(Cl)cc2)cc1. The molecule has 0 radical (unpaired) electrons. The molecular formula is C15H12ClNO. The molecule has 0 heterocycles. The third-order valence-corrected chi connectivity index (χ3v) is 2.81. The van der Waals surface area contributed by atoms with Gasteiger partial charge in [0.25, 0.3) is 0 Å². The number of hydrogen-bond acceptors (Lipinski definition) is 2. The van der Waals surface area contributed by atoms with Crippen LogP contribution < -0.4 is 4.74 Å². The standard InChI is InChI=1S/C15H12ClNO/c16-14-5-7-15(8-6-14)18-10-9-12-1-3-13(11-17)4-2-12/h1-8H,9-10H2. The molecule has 2 aromatic rings. The van der Waals surface area contributed by atoms with Gasteiger partial charge in [0.1, 0.15) is 5.75 Å². The van der Waals surface area contributed by atoms with E-state index in [1.54, 1.807) is 12.1 Å². The second-order valence-corrected chi connectivity index (χ2v) is 4.30. The van der Waals surface area contributed by atoms with E-state index >= 15 is 0 Å². The molecule has 3 heteroatoms. The first-order valence-corrected chi connectivity index (χ1v) is 6.03. The summed E-state index contributed by atoms with van der Waals surface area (Å²) in [6.07, 6.45) is 0.814. The molecule has 90 valence electrons. The Balaban J connectivity index is 1.84. The van der Waals surface area contributed by atoms with Crippen molar-refractivity contribution in [2.75, 3.05) is 6.61 Å². The molecule has 0 N–H and O–H groups in total. The van der Waals surface area contributed by atoms with Gasteiger partial charge in [0.15, 0.2) is 0 Å². The van der Waals surface area contributed by atoms with Gasteiger partial charge in [0.2, 0.25) is 0 Å². The zero-order valence-electron chi connectivity index (χ0n) is 9.77. The predicted octanol–water partition coefficient (Wildman–Crippen LogP) is 3.83. The van der Waals surface area contributed by atoms with Crippen molar-refractivity contribution >= 4 is 11.6 Å². The molecular weight excluding hydrogens is 246 g/mol. The van der Waals surface area contributed by atoms with E-state index in [1.165, 1.54) is 0 Å². The van der Waals surface area contributed by atoms with Gasteiger partial charge in [-0.1, -0.05) is 23.7 Å². The van der Waals surface area contributed by atoms with Crippen LogP contribution in [-0.2, 0) is 6.42 Å². The number of benzene rings is 2. The lowest BCUT2D eigenvalue weighted by Gasteiger charge is -2.06. The smallest absolute Gasteiger partial charge is 0.119 e. The van der Waals surface area contributed by atoms with Gasteiger partial charge < -0.3 is 4.74 Å². The van der Waals surface area contributed by atoms with Crippen molar-refractivity contribution in [1.82, 2.24) is 0 Å². The van der Waals surface area contributed by atoms with E-state index in [0.717, 1.165) is 17.7 Å². The maximum atomic E-state index is 8.69. The van der Waals surface area contributed by atoms with Crippen LogP contribution in [0.4, 0.5) is 0 Å². The molecule has 0 aliphatic heterocycles. The average Bonchev–Trinajstić information content (AvgIpc) is 2.42. The van der Waals surface area contributed by atoms with Crippen molar-refractivity contribution in [2.45, 2.75) is 6.42 Å². The second kappa shape index (κ2) is 6.09. The average molecular weight is 258 g/mol. The van der Waals surface area contributed by atoms with Gasteiger partial charge >= 0.3 is 0 Å². The van der Waals surface area contributed by atoms with Gasteiger partial charge in [-0.3, -0.25) is 0 Å². The fourth-order valence-corrected chi connectivity index (χ4v) is 1.69. The highest BCUT2D eigenvalue weighted by atomic mass is 35.5. The van der Waals surface area contributed by atoms with Crippen molar-refractivity contribution in [2.24, 2.45) is 0 Å². The zero-order chi connectivity index (χ0) is 12.8. The number of rotatable bonds is 4. The molecule has 0 saturated heterocycles. The lowest BCUT2D eigenvalue weighted by atomic mass is 10.1. The minimum Gasteiger partial charge on any atom is -0.493 e. The quantitative estimate of drug-likeness (QED) is 0.834. The van der Waals surface area contributed by atoms with Crippen LogP contribution in [0.15, 0.2) is 48.5 Å². The van der Waals surface area contributed by atoms with Gasteiger partial charge in [-0.25, -0.2) is 0 Å². The number of halogens is 1. The largest absolute Gasteiger partial charge is 0.493 e. The van der Waals surface area contributed by atoms with Crippen LogP contribution in [0.1, 0.15) is 11.1 Å². The summed E-state index contributed by atoms with van der Waals surface area (Å²) in [5.41, 5.74) is 1.83. The molecule has 0 aliphatic rings. The molecule has 0 bridgehead atoms. The molecule has 2 rings (SSSR count). The Kier molecular flexibility index (Phi) is 4.22. The summed E-state index contributed by atoms with van der Waals surface area (Å²) in [4.78, 5) is 0. The molecule has 0 aromatic heterocycles. The van der Waals surface area contributed by atoms with E-state index in [2.05, 4.69) is 6.07 Å². The molecule has 0 atom stereocenters. The summed E-state index contributed by atoms with van der Waals surface area (Å²) in [6.45, 7) is 0.605. The summed E-state index contributed by atoms with van der Waals surface area (Å²) in [6, 6.07) is 16.9. The molecule has 2 aromatic carbocycles. The molecule has 0 saturated carbocycles. The minimum absolute atomic E-state index is 0.605. The van der Waals surface area contributed by atoms with E-state index in [0.29, 0.717) is 17.2 Å². The minimum atomic E-state index is 0.605. The summed E-state index contributed by atoms with van der Waals surface area (Å²) in [5, 5.41) is 9.39. The van der Waals surface area contributed by atoms with Crippen molar-refractivity contribution < 1.29 is 4.74 Å². The number of hydrogen-bond donors (Lipinski definition) is 0. The maximum Gasteiger partial charge on any atom is 0.119 e. The highest BCUT2D eigenvalue weighted by Crippen LogP contribution is 2.15. The van der Waals surface area contributed by atoms with Crippen molar-refractivity contribution in [3.05, 3.63) is 64.7 Å². The number of nitriles is 1. The normalized spacial score (nSPS) is 9.78. The van der Waals surface area contributed by atoms with Crippen LogP contribution in [-0.4, -0.2) is 6.61 Å². The van der Waals surface area contributed by atoms with Gasteiger partial charge in [-0.05, 0) is 42.0 Å². The highest BCUT2D eigenvalue weighted by Gasteiger charge is 1.97. The topological polar surface area (TPSA) is 33.0 Å². The summed E-state index contributed by atoms with van der Waals surface area (Å²) in [7, 11) is 0. The van der Waals surface area contributed by atoms with E-state index in [-0.39, 0.29) is 0 Å². The van der Waals surface area contributed by atoms with Crippen LogP contribution in [0.25, 0.3) is 0 Å². The molecule has 2 nitrogen and oxygen atoms in total. The van der Waals surface area contributed by atoms with E-state index < -0.39 is 0 Å². The Bertz CT molecular complexity index is 540. The number of ether oxygens (including phenoxy) is 1. The Hall–Kier alpha value is -1.98. The Morgan fingerprint density at radius 1 is 1.00 bits per heavy atom. The van der Waals surface area contributed by atoms with Crippen LogP contribution in [0.2, 0.25) is 5.02 Å². The third-order valence-electron chi connectivity index (χ3n) is 2.56. The van der Waals surface area contributed by atoms with Crippen molar-refractivity contribution in [1.29, 1.82) is 5.26 Å². The predicted molar refractivity (Wildman–Crippen MR) is 71.8 cm³/mol. The van der Waals surface area contributed by atoms with Gasteiger partial charge in [-0.2, -0.15) is 5.26 Å². The fraction of sp³-hybridized carbons (Fsp3) is 0.133. The second-order valence-electron chi connectivity index (χ2n) is 3.86. The van der Waals surface area contributed by atoms with Crippen molar-refractivity contribution in [3.63, 3.8) is 0 Å². The Morgan fingerprint density at radius 2 is 1.67 bits per heavy atom. The molecule has 0 unspecified atom stereocenters. The van der Waals surface area contributed by atoms with Crippen LogP contribution in [0.3, 0.4) is 0 Å². The third kappa shape index (κ3) is 3.51. The summed E-state index contributed by atoms with van der Waals surface area (Å²) >= 11 is 5.79. The highest BCUT2D eigenvalue weighted by molar-refractivity contribution is 6.30. The fourth-order valence-electron chi connectivity index (χ4n) is 1.56. The zero-order valence-corrected chi connectivity index (χ0v) is 10.5. The Labute approximate surface area is 111 Å². The molecule has 0 aliphatic carbocycles. The van der Waals surface area contributed by atoms with Crippen LogP contribution >= 0.6 is 11.6 Å². The van der Waals surface area contributed by atoms with Gasteiger partial charge in [0.05, 0.1) is 18.2 Å². The first kappa shape index (κ1) is 12.5. The van der Waals surface area contributed by atoms with Gasteiger partial charge in [0, 0.05) is 11.4 Å². The maximum absolute atomic E-state index is 8.69. The van der Waals surface area contributed by atoms with E-state index in [4.69, 9.17) is 21.6 Å². The van der Waals surface area contributed by atoms with Crippen LogP contribution in [0.5, 0.6) is 5.75 Å². The lowest BCUT2D eigenvalue weighted by molar-refractivity contribution is 0.322.